The summed E-state index contributed by atoms with van der Waals surface area (Å²) in [6, 6.07) is 0. The van der Waals surface area contributed by atoms with Crippen LogP contribution in [0.25, 0.3) is 0 Å². The minimum absolute atomic E-state index is 0.194. The molecule has 4 heteroatoms. The molecule has 2 atom stereocenters. The topological polar surface area (TPSA) is 38.1 Å². The van der Waals surface area contributed by atoms with Gasteiger partial charge in [-0.05, 0) is 37.5 Å². The number of fused-ring (bicyclic) bond motifs is 2. The van der Waals surface area contributed by atoms with Crippen molar-refractivity contribution in [2.24, 2.45) is 11.8 Å². The van der Waals surface area contributed by atoms with Gasteiger partial charge in [0, 0.05) is 26.1 Å². The number of allylic oxidation sites excluding steroid dienone is 2. The molecule has 4 rings (SSSR count). The predicted octanol–water partition coefficient (Wildman–Crippen LogP) is 2.26. The zero-order valence-corrected chi connectivity index (χ0v) is 11.8. The first kappa shape index (κ1) is 12.2. The van der Waals surface area contributed by atoms with E-state index in [9.17, 15) is 4.79 Å². The zero-order valence-electron chi connectivity index (χ0n) is 11.8. The second-order valence-corrected chi connectivity index (χ2v) is 6.34. The van der Waals surface area contributed by atoms with Gasteiger partial charge in [0.1, 0.15) is 11.5 Å². The Balaban J connectivity index is 1.55. The molecule has 0 unspecified atom stereocenters. The van der Waals surface area contributed by atoms with Gasteiger partial charge in [0.15, 0.2) is 0 Å². The quantitative estimate of drug-likeness (QED) is 0.735. The molecule has 0 radical (unpaired) electrons. The fourth-order valence-corrected chi connectivity index (χ4v) is 3.93. The van der Waals surface area contributed by atoms with Crippen LogP contribution < -0.4 is 0 Å². The fourth-order valence-electron chi connectivity index (χ4n) is 3.93. The standard InChI is InChI=1S/C16H21N3O/c20-16(14-9-17-15-7-3-4-8-19(14)15)18-10-12-5-1-2-6-13(12)11-18/h1-2,9,12-13H,3-8,10-11H2/t12-,13-/m0/s1. The minimum atomic E-state index is 0.194. The summed E-state index contributed by atoms with van der Waals surface area (Å²) >= 11 is 0. The number of imidazole rings is 1. The fraction of sp³-hybridized carbons (Fsp3) is 0.625. The number of aryl methyl sites for hydroxylation is 1. The number of hydrogen-bond acceptors (Lipinski definition) is 2. The zero-order chi connectivity index (χ0) is 13.5. The Labute approximate surface area is 119 Å². The van der Waals surface area contributed by atoms with Crippen molar-refractivity contribution in [2.45, 2.75) is 38.6 Å². The minimum Gasteiger partial charge on any atom is -0.337 e. The summed E-state index contributed by atoms with van der Waals surface area (Å²) in [4.78, 5) is 19.3. The van der Waals surface area contributed by atoms with E-state index in [1.165, 1.54) is 12.8 Å². The van der Waals surface area contributed by atoms with E-state index in [-0.39, 0.29) is 5.91 Å². The molecule has 0 aromatic carbocycles. The number of likely N-dealkylation sites (tertiary alicyclic amines) is 1. The summed E-state index contributed by atoms with van der Waals surface area (Å²) in [6.07, 6.45) is 12.0. The van der Waals surface area contributed by atoms with Crippen molar-refractivity contribution in [3.8, 4) is 0 Å². The average molecular weight is 271 g/mol. The largest absolute Gasteiger partial charge is 0.337 e. The van der Waals surface area contributed by atoms with Crippen LogP contribution in [0.3, 0.4) is 0 Å². The van der Waals surface area contributed by atoms with Gasteiger partial charge in [0.2, 0.25) is 0 Å². The Morgan fingerprint density at radius 3 is 2.65 bits per heavy atom. The Morgan fingerprint density at radius 1 is 1.15 bits per heavy atom. The Bertz CT molecular complexity index is 544. The molecule has 1 fully saturated rings. The molecule has 3 heterocycles. The highest BCUT2D eigenvalue weighted by atomic mass is 16.2. The molecule has 0 N–H and O–H groups in total. The molecule has 0 saturated carbocycles. The molecule has 0 spiro atoms. The maximum Gasteiger partial charge on any atom is 0.272 e. The van der Waals surface area contributed by atoms with Crippen molar-refractivity contribution >= 4 is 5.91 Å². The molecule has 1 amide bonds. The highest BCUT2D eigenvalue weighted by molar-refractivity contribution is 5.92. The van der Waals surface area contributed by atoms with E-state index in [0.717, 1.165) is 50.4 Å². The van der Waals surface area contributed by atoms with Crippen molar-refractivity contribution in [1.82, 2.24) is 14.5 Å². The summed E-state index contributed by atoms with van der Waals surface area (Å²) in [5, 5.41) is 0. The first-order valence-corrected chi connectivity index (χ1v) is 7.81. The summed E-state index contributed by atoms with van der Waals surface area (Å²) in [5.74, 6) is 2.64. The van der Waals surface area contributed by atoms with Crippen LogP contribution >= 0.6 is 0 Å². The Morgan fingerprint density at radius 2 is 1.90 bits per heavy atom. The van der Waals surface area contributed by atoms with Crippen molar-refractivity contribution in [3.05, 3.63) is 29.9 Å². The molecule has 106 valence electrons. The first-order chi connectivity index (χ1) is 9.83. The van der Waals surface area contributed by atoms with Gasteiger partial charge < -0.3 is 9.47 Å². The maximum atomic E-state index is 12.8. The van der Waals surface area contributed by atoms with Crippen molar-refractivity contribution < 1.29 is 4.79 Å². The molecule has 2 aliphatic heterocycles. The van der Waals surface area contributed by atoms with Crippen molar-refractivity contribution in [2.75, 3.05) is 13.1 Å². The van der Waals surface area contributed by atoms with E-state index in [2.05, 4.69) is 26.6 Å². The molecular weight excluding hydrogens is 250 g/mol. The molecule has 1 aromatic heterocycles. The van der Waals surface area contributed by atoms with Crippen molar-refractivity contribution in [1.29, 1.82) is 0 Å². The molecule has 1 saturated heterocycles. The van der Waals surface area contributed by atoms with Gasteiger partial charge in [-0.1, -0.05) is 12.2 Å². The number of carbonyl (C=O) groups excluding carboxylic acids is 1. The third-order valence-corrected chi connectivity index (χ3v) is 5.10. The van der Waals surface area contributed by atoms with Crippen molar-refractivity contribution in [3.63, 3.8) is 0 Å². The lowest BCUT2D eigenvalue weighted by Gasteiger charge is -2.20. The monoisotopic (exact) mass is 271 g/mol. The second kappa shape index (κ2) is 4.76. The molecule has 1 aromatic rings. The van der Waals surface area contributed by atoms with E-state index in [1.54, 1.807) is 6.20 Å². The van der Waals surface area contributed by atoms with E-state index in [0.29, 0.717) is 11.8 Å². The van der Waals surface area contributed by atoms with Crippen LogP contribution in [0, 0.1) is 11.8 Å². The second-order valence-electron chi connectivity index (χ2n) is 6.34. The number of nitrogens with zero attached hydrogens (tertiary/aromatic N) is 3. The number of carbonyl (C=O) groups is 1. The lowest BCUT2D eigenvalue weighted by molar-refractivity contribution is 0.0772. The highest BCUT2D eigenvalue weighted by Crippen LogP contribution is 2.33. The van der Waals surface area contributed by atoms with Crippen LogP contribution in [-0.2, 0) is 13.0 Å². The lowest BCUT2D eigenvalue weighted by atomic mass is 9.86. The van der Waals surface area contributed by atoms with Gasteiger partial charge in [-0.15, -0.1) is 0 Å². The van der Waals surface area contributed by atoms with Crippen LogP contribution in [0.15, 0.2) is 18.3 Å². The predicted molar refractivity (Wildman–Crippen MR) is 76.4 cm³/mol. The van der Waals surface area contributed by atoms with Crippen LogP contribution in [0.2, 0.25) is 0 Å². The number of hydrogen-bond donors (Lipinski definition) is 0. The Hall–Kier alpha value is -1.58. The van der Waals surface area contributed by atoms with E-state index >= 15 is 0 Å². The van der Waals surface area contributed by atoms with Crippen LogP contribution in [0.4, 0.5) is 0 Å². The van der Waals surface area contributed by atoms with E-state index < -0.39 is 0 Å². The number of aromatic nitrogens is 2. The Kier molecular flexibility index (Phi) is 2.90. The SMILES string of the molecule is O=C(c1cnc2n1CCCC2)N1C[C@@H]2CC=CC[C@H]2C1. The van der Waals surface area contributed by atoms with Gasteiger partial charge in [0.25, 0.3) is 5.91 Å². The van der Waals surface area contributed by atoms with E-state index in [4.69, 9.17) is 0 Å². The van der Waals surface area contributed by atoms with E-state index in [1.807, 2.05) is 0 Å². The number of rotatable bonds is 1. The molecule has 0 bridgehead atoms. The summed E-state index contributed by atoms with van der Waals surface area (Å²) in [7, 11) is 0. The third-order valence-electron chi connectivity index (χ3n) is 5.10. The third kappa shape index (κ3) is 1.89. The maximum absolute atomic E-state index is 12.8. The first-order valence-electron chi connectivity index (χ1n) is 7.81. The highest BCUT2D eigenvalue weighted by Gasteiger charge is 2.36. The average Bonchev–Trinajstić information content (AvgIpc) is 3.10. The van der Waals surface area contributed by atoms with Crippen LogP contribution in [-0.4, -0.2) is 33.4 Å². The van der Waals surface area contributed by atoms with Crippen LogP contribution in [0.5, 0.6) is 0 Å². The molecule has 4 nitrogen and oxygen atoms in total. The smallest absolute Gasteiger partial charge is 0.272 e. The molecule has 20 heavy (non-hydrogen) atoms. The summed E-state index contributed by atoms with van der Waals surface area (Å²) in [6.45, 7) is 2.81. The summed E-state index contributed by atoms with van der Waals surface area (Å²) in [5.41, 5.74) is 0.811. The molecule has 1 aliphatic carbocycles. The van der Waals surface area contributed by atoms with Gasteiger partial charge >= 0.3 is 0 Å². The van der Waals surface area contributed by atoms with Crippen LogP contribution in [0.1, 0.15) is 42.0 Å². The van der Waals surface area contributed by atoms with Gasteiger partial charge in [-0.2, -0.15) is 0 Å². The summed E-state index contributed by atoms with van der Waals surface area (Å²) < 4.78 is 2.14. The van der Waals surface area contributed by atoms with Gasteiger partial charge in [-0.3, -0.25) is 4.79 Å². The number of amides is 1. The molecular formula is C16H21N3O. The molecule has 3 aliphatic rings. The van der Waals surface area contributed by atoms with Gasteiger partial charge in [-0.25, -0.2) is 4.98 Å². The van der Waals surface area contributed by atoms with Gasteiger partial charge in [0.05, 0.1) is 6.20 Å². The lowest BCUT2D eigenvalue weighted by Crippen LogP contribution is -2.31. The normalized spacial score (nSPS) is 28.3.